The first-order chi connectivity index (χ1) is 14.8. The summed E-state index contributed by atoms with van der Waals surface area (Å²) < 4.78 is 11.4. The molecule has 5 nitrogen and oxygen atoms in total. The van der Waals surface area contributed by atoms with Crippen LogP contribution in [-0.2, 0) is 4.79 Å². The van der Waals surface area contributed by atoms with Gasteiger partial charge in [-0.2, -0.15) is 0 Å². The smallest absolute Gasteiger partial charge is 0.265 e. The number of benzene rings is 3. The Morgan fingerprint density at radius 2 is 1.68 bits per heavy atom. The molecule has 0 aliphatic rings. The fraction of sp³-hybridized carbons (Fsp3) is 0.0909. The number of ether oxygens (including phenoxy) is 1. The van der Waals surface area contributed by atoms with Gasteiger partial charge in [0.05, 0.1) is 15.6 Å². The van der Waals surface area contributed by atoms with Gasteiger partial charge in [0, 0.05) is 15.7 Å². The molecule has 1 heterocycles. The van der Waals surface area contributed by atoms with E-state index in [2.05, 4.69) is 10.3 Å². The summed E-state index contributed by atoms with van der Waals surface area (Å²) in [5.74, 6) is 0.370. The van der Waals surface area contributed by atoms with Crippen molar-refractivity contribution < 1.29 is 13.9 Å². The zero-order chi connectivity index (χ0) is 22.1. The Morgan fingerprint density at radius 1 is 0.968 bits per heavy atom. The Morgan fingerprint density at radius 3 is 2.39 bits per heavy atom. The second kappa shape index (κ2) is 8.97. The van der Waals surface area contributed by atoms with Crippen molar-refractivity contribution in [3.05, 3.63) is 74.7 Å². The van der Waals surface area contributed by atoms with E-state index < -0.39 is 6.10 Å². The molecule has 1 aromatic heterocycles. The summed E-state index contributed by atoms with van der Waals surface area (Å²) >= 11 is 24.2. The molecule has 0 aliphatic carbocycles. The molecule has 1 amide bonds. The van der Waals surface area contributed by atoms with Crippen LogP contribution in [0.2, 0.25) is 20.1 Å². The summed E-state index contributed by atoms with van der Waals surface area (Å²) in [7, 11) is 0. The van der Waals surface area contributed by atoms with Crippen molar-refractivity contribution in [2.24, 2.45) is 0 Å². The number of fused-ring (bicyclic) bond motifs is 1. The lowest BCUT2D eigenvalue weighted by molar-refractivity contribution is -0.122. The van der Waals surface area contributed by atoms with Crippen molar-refractivity contribution in [1.82, 2.24) is 4.98 Å². The van der Waals surface area contributed by atoms with Crippen LogP contribution in [0.25, 0.3) is 22.6 Å². The summed E-state index contributed by atoms with van der Waals surface area (Å²) in [6, 6.07) is 15.0. The second-order valence-corrected chi connectivity index (χ2v) is 8.34. The topological polar surface area (TPSA) is 64.4 Å². The number of hydrogen-bond acceptors (Lipinski definition) is 4. The molecular formula is C22H14Cl4N2O3. The van der Waals surface area contributed by atoms with Gasteiger partial charge in [0.2, 0.25) is 5.89 Å². The van der Waals surface area contributed by atoms with E-state index in [9.17, 15) is 4.79 Å². The highest BCUT2D eigenvalue weighted by Gasteiger charge is 2.18. The van der Waals surface area contributed by atoms with Gasteiger partial charge >= 0.3 is 0 Å². The summed E-state index contributed by atoms with van der Waals surface area (Å²) in [6.45, 7) is 1.62. The zero-order valence-electron chi connectivity index (χ0n) is 16.0. The average Bonchev–Trinajstić information content (AvgIpc) is 3.13. The summed E-state index contributed by atoms with van der Waals surface area (Å²) in [6.07, 6.45) is -0.796. The highest BCUT2D eigenvalue weighted by molar-refractivity contribution is 6.36. The first kappa shape index (κ1) is 21.8. The molecule has 0 saturated heterocycles. The minimum absolute atomic E-state index is 0.324. The standard InChI is InChI=1S/C22H14Cl4N2O3/c1-11(30-19-6-3-13(24)9-17(19)26)21(29)27-14-4-7-20-18(10-14)28-22(31-20)15-5-2-12(23)8-16(15)25/h2-11H,1H3,(H,27,29). The number of amides is 1. The van der Waals surface area contributed by atoms with Crippen LogP contribution >= 0.6 is 46.4 Å². The van der Waals surface area contributed by atoms with E-state index >= 15 is 0 Å². The lowest BCUT2D eigenvalue weighted by Gasteiger charge is -2.15. The number of anilines is 1. The van der Waals surface area contributed by atoms with Gasteiger partial charge in [-0.05, 0) is 61.5 Å². The van der Waals surface area contributed by atoms with Crippen LogP contribution in [0.15, 0.2) is 59.0 Å². The van der Waals surface area contributed by atoms with Gasteiger partial charge in [-0.25, -0.2) is 4.98 Å². The normalized spacial score (nSPS) is 12.0. The largest absolute Gasteiger partial charge is 0.479 e. The van der Waals surface area contributed by atoms with Crippen LogP contribution in [0.4, 0.5) is 5.69 Å². The Kier molecular flexibility index (Phi) is 6.30. The molecule has 0 saturated carbocycles. The Balaban J connectivity index is 1.51. The Bertz CT molecular complexity index is 1290. The van der Waals surface area contributed by atoms with Crippen LogP contribution in [0.5, 0.6) is 5.75 Å². The van der Waals surface area contributed by atoms with Gasteiger partial charge in [-0.3, -0.25) is 4.79 Å². The van der Waals surface area contributed by atoms with Gasteiger partial charge in [0.25, 0.3) is 5.91 Å². The van der Waals surface area contributed by atoms with Crippen LogP contribution in [0, 0.1) is 0 Å². The molecule has 0 aliphatic heterocycles. The van der Waals surface area contributed by atoms with E-state index in [1.165, 1.54) is 0 Å². The molecule has 0 spiro atoms. The fourth-order valence-electron chi connectivity index (χ4n) is 2.84. The maximum Gasteiger partial charge on any atom is 0.265 e. The number of carbonyl (C=O) groups excluding carboxylic acids is 1. The number of oxazole rings is 1. The third kappa shape index (κ3) is 4.91. The van der Waals surface area contributed by atoms with Crippen LogP contribution in [-0.4, -0.2) is 17.0 Å². The highest BCUT2D eigenvalue weighted by Crippen LogP contribution is 2.33. The van der Waals surface area contributed by atoms with Crippen LogP contribution in [0.3, 0.4) is 0 Å². The number of hydrogen-bond donors (Lipinski definition) is 1. The molecule has 1 N–H and O–H groups in total. The second-order valence-electron chi connectivity index (χ2n) is 6.65. The van der Waals surface area contributed by atoms with Crippen molar-refractivity contribution in [3.8, 4) is 17.2 Å². The SMILES string of the molecule is CC(Oc1ccc(Cl)cc1Cl)C(=O)Nc1ccc2oc(-c3ccc(Cl)cc3Cl)nc2c1. The summed E-state index contributed by atoms with van der Waals surface area (Å²) in [5, 5.41) is 4.55. The number of nitrogens with one attached hydrogen (secondary N) is 1. The van der Waals surface area contributed by atoms with Gasteiger partial charge in [-0.1, -0.05) is 46.4 Å². The van der Waals surface area contributed by atoms with Crippen molar-refractivity contribution in [2.45, 2.75) is 13.0 Å². The average molecular weight is 496 g/mol. The molecule has 1 unspecified atom stereocenters. The molecule has 1 atom stereocenters. The number of carbonyl (C=O) groups is 1. The summed E-state index contributed by atoms with van der Waals surface area (Å²) in [4.78, 5) is 17.0. The monoisotopic (exact) mass is 494 g/mol. The fourth-order valence-corrected chi connectivity index (χ4v) is 3.78. The van der Waals surface area contributed by atoms with Gasteiger partial charge in [0.1, 0.15) is 11.3 Å². The van der Waals surface area contributed by atoms with E-state index in [1.54, 1.807) is 61.5 Å². The van der Waals surface area contributed by atoms with Crippen molar-refractivity contribution in [1.29, 1.82) is 0 Å². The molecule has 9 heteroatoms. The Labute approximate surface area is 197 Å². The molecule has 4 aromatic rings. The molecule has 0 fully saturated rings. The van der Waals surface area contributed by atoms with Crippen LogP contribution < -0.4 is 10.1 Å². The van der Waals surface area contributed by atoms with E-state index in [0.29, 0.717) is 54.1 Å². The predicted molar refractivity (Wildman–Crippen MR) is 125 cm³/mol. The third-order valence-electron chi connectivity index (χ3n) is 4.38. The molecular weight excluding hydrogens is 482 g/mol. The molecule has 3 aromatic carbocycles. The lowest BCUT2D eigenvalue weighted by Crippen LogP contribution is -2.30. The van der Waals surface area contributed by atoms with Crippen molar-refractivity contribution in [2.75, 3.05) is 5.32 Å². The van der Waals surface area contributed by atoms with Gasteiger partial charge in [0.15, 0.2) is 11.7 Å². The first-order valence-corrected chi connectivity index (χ1v) is 10.6. The van der Waals surface area contributed by atoms with Crippen LogP contribution in [0.1, 0.15) is 6.92 Å². The predicted octanol–water partition coefficient (Wildman–Crippen LogP) is 7.51. The van der Waals surface area contributed by atoms with E-state index in [-0.39, 0.29) is 5.91 Å². The zero-order valence-corrected chi connectivity index (χ0v) is 19.0. The number of rotatable bonds is 5. The minimum atomic E-state index is -0.796. The van der Waals surface area contributed by atoms with Crippen molar-refractivity contribution >= 4 is 69.1 Å². The Hall–Kier alpha value is -2.44. The molecule has 0 bridgehead atoms. The van der Waals surface area contributed by atoms with E-state index in [4.69, 9.17) is 55.6 Å². The van der Waals surface area contributed by atoms with Crippen molar-refractivity contribution in [3.63, 3.8) is 0 Å². The summed E-state index contributed by atoms with van der Waals surface area (Å²) in [5.41, 5.74) is 2.27. The quantitative estimate of drug-likeness (QED) is 0.311. The third-order valence-corrected chi connectivity index (χ3v) is 5.46. The van der Waals surface area contributed by atoms with Gasteiger partial charge < -0.3 is 14.5 Å². The maximum atomic E-state index is 12.6. The number of aromatic nitrogens is 1. The lowest BCUT2D eigenvalue weighted by atomic mass is 10.2. The molecule has 0 radical (unpaired) electrons. The maximum absolute atomic E-state index is 12.6. The molecule has 158 valence electrons. The molecule has 31 heavy (non-hydrogen) atoms. The molecule has 4 rings (SSSR count). The first-order valence-electron chi connectivity index (χ1n) is 9.09. The minimum Gasteiger partial charge on any atom is -0.479 e. The van der Waals surface area contributed by atoms with E-state index in [1.807, 2.05) is 0 Å². The van der Waals surface area contributed by atoms with Gasteiger partial charge in [-0.15, -0.1) is 0 Å². The number of nitrogens with zero attached hydrogens (tertiary/aromatic N) is 1. The van der Waals surface area contributed by atoms with E-state index in [0.717, 1.165) is 0 Å². The number of halogens is 4. The highest BCUT2D eigenvalue weighted by atomic mass is 35.5.